The molecule has 2 N–H and O–H groups in total. The van der Waals surface area contributed by atoms with Gasteiger partial charge in [-0.15, -0.1) is 0 Å². The first-order chi connectivity index (χ1) is 7.30. The number of hydrogen-bond donors (Lipinski definition) is 1. The van der Waals surface area contributed by atoms with Gasteiger partial charge in [0, 0.05) is 26.7 Å². The Morgan fingerprint density at radius 1 is 1.53 bits per heavy atom. The van der Waals surface area contributed by atoms with Gasteiger partial charge in [0.1, 0.15) is 0 Å². The minimum Gasteiger partial charge on any atom is -0.380 e. The molecule has 3 heteroatoms. The Bertz CT molecular complexity index is 160. The van der Waals surface area contributed by atoms with E-state index in [0.29, 0.717) is 6.54 Å². The Balaban J connectivity index is 2.13. The second kappa shape index (κ2) is 7.20. The molecule has 0 aromatic heterocycles. The Kier molecular flexibility index (Phi) is 6.22. The summed E-state index contributed by atoms with van der Waals surface area (Å²) < 4.78 is 5.28. The van der Waals surface area contributed by atoms with Gasteiger partial charge in [0.15, 0.2) is 0 Å². The molecule has 0 bridgehead atoms. The van der Waals surface area contributed by atoms with Gasteiger partial charge in [-0.3, -0.25) is 0 Å². The maximum Gasteiger partial charge on any atom is 0.0705 e. The van der Waals surface area contributed by atoms with Crippen molar-refractivity contribution in [3.8, 4) is 0 Å². The minimum absolute atomic E-state index is 0.246. The number of nitrogens with two attached hydrogens (primary N) is 1. The molecule has 0 amide bonds. The summed E-state index contributed by atoms with van der Waals surface area (Å²) in [6.45, 7) is 6.62. The fourth-order valence-corrected chi connectivity index (χ4v) is 2.42. The zero-order valence-corrected chi connectivity index (χ0v) is 10.2. The average molecular weight is 214 g/mol. The summed E-state index contributed by atoms with van der Waals surface area (Å²) in [7, 11) is 1.75. The molecule has 0 aliphatic carbocycles. The average Bonchev–Trinajstić information content (AvgIpc) is 2.68. The van der Waals surface area contributed by atoms with Crippen molar-refractivity contribution in [1.29, 1.82) is 0 Å². The summed E-state index contributed by atoms with van der Waals surface area (Å²) in [6.07, 6.45) is 5.42. The first kappa shape index (κ1) is 12.9. The van der Waals surface area contributed by atoms with Gasteiger partial charge in [0.25, 0.3) is 0 Å². The molecule has 1 fully saturated rings. The van der Waals surface area contributed by atoms with Crippen molar-refractivity contribution in [3.05, 3.63) is 0 Å². The molecule has 0 radical (unpaired) electrons. The molecule has 0 aromatic carbocycles. The van der Waals surface area contributed by atoms with Gasteiger partial charge in [0.2, 0.25) is 0 Å². The lowest BCUT2D eigenvalue weighted by atomic mass is 10.0. The van der Waals surface area contributed by atoms with Crippen LogP contribution in [0, 0.1) is 5.92 Å². The summed E-state index contributed by atoms with van der Waals surface area (Å²) in [6, 6.07) is 0. The van der Waals surface area contributed by atoms with E-state index in [4.69, 9.17) is 10.5 Å². The zero-order chi connectivity index (χ0) is 11.1. The molecule has 2 unspecified atom stereocenters. The van der Waals surface area contributed by atoms with Crippen LogP contribution in [0.3, 0.4) is 0 Å². The standard InChI is InChI=1S/C12H26N2O/c1-3-4-11-5-7-14(10-11)8-6-12(9-13)15-2/h11-12H,3-10,13H2,1-2H3. The highest BCUT2D eigenvalue weighted by Gasteiger charge is 2.21. The summed E-state index contributed by atoms with van der Waals surface area (Å²) in [5.41, 5.74) is 5.60. The third-order valence-corrected chi connectivity index (χ3v) is 3.43. The van der Waals surface area contributed by atoms with E-state index in [-0.39, 0.29) is 6.10 Å². The van der Waals surface area contributed by atoms with Crippen LogP contribution < -0.4 is 5.73 Å². The summed E-state index contributed by atoms with van der Waals surface area (Å²) in [5.74, 6) is 0.939. The number of nitrogens with zero attached hydrogens (tertiary/aromatic N) is 1. The lowest BCUT2D eigenvalue weighted by Crippen LogP contribution is -2.29. The number of ether oxygens (including phenoxy) is 1. The van der Waals surface area contributed by atoms with Crippen LogP contribution in [0.1, 0.15) is 32.6 Å². The molecule has 1 saturated heterocycles. The minimum atomic E-state index is 0.246. The van der Waals surface area contributed by atoms with E-state index < -0.39 is 0 Å². The highest BCUT2D eigenvalue weighted by atomic mass is 16.5. The number of rotatable bonds is 7. The van der Waals surface area contributed by atoms with Gasteiger partial charge in [-0.25, -0.2) is 0 Å². The first-order valence-electron chi connectivity index (χ1n) is 6.25. The lowest BCUT2D eigenvalue weighted by molar-refractivity contribution is 0.0920. The lowest BCUT2D eigenvalue weighted by Gasteiger charge is -2.19. The zero-order valence-electron chi connectivity index (χ0n) is 10.2. The van der Waals surface area contributed by atoms with Crippen molar-refractivity contribution < 1.29 is 4.74 Å². The van der Waals surface area contributed by atoms with Crippen molar-refractivity contribution in [1.82, 2.24) is 4.90 Å². The molecular weight excluding hydrogens is 188 g/mol. The van der Waals surface area contributed by atoms with Crippen LogP contribution in [-0.2, 0) is 4.74 Å². The predicted molar refractivity (Wildman–Crippen MR) is 63.9 cm³/mol. The van der Waals surface area contributed by atoms with E-state index >= 15 is 0 Å². The molecule has 3 nitrogen and oxygen atoms in total. The smallest absolute Gasteiger partial charge is 0.0705 e. The highest BCUT2D eigenvalue weighted by molar-refractivity contribution is 4.76. The van der Waals surface area contributed by atoms with Crippen LogP contribution in [0.4, 0.5) is 0 Å². The van der Waals surface area contributed by atoms with Crippen LogP contribution in [0.15, 0.2) is 0 Å². The van der Waals surface area contributed by atoms with Crippen LogP contribution in [0.25, 0.3) is 0 Å². The largest absolute Gasteiger partial charge is 0.380 e. The Labute approximate surface area is 94.0 Å². The van der Waals surface area contributed by atoms with Crippen molar-refractivity contribution in [2.75, 3.05) is 33.3 Å². The number of methoxy groups -OCH3 is 1. The molecule has 1 rings (SSSR count). The fraction of sp³-hybridized carbons (Fsp3) is 1.00. The van der Waals surface area contributed by atoms with Crippen LogP contribution in [0.5, 0.6) is 0 Å². The van der Waals surface area contributed by atoms with Crippen molar-refractivity contribution >= 4 is 0 Å². The molecule has 1 heterocycles. The van der Waals surface area contributed by atoms with Crippen molar-refractivity contribution in [2.45, 2.75) is 38.7 Å². The molecular formula is C12H26N2O. The SMILES string of the molecule is CCCC1CCN(CCC(CN)OC)C1. The predicted octanol–water partition coefficient (Wildman–Crippen LogP) is 1.47. The Hall–Kier alpha value is -0.120. The van der Waals surface area contributed by atoms with E-state index in [1.54, 1.807) is 7.11 Å². The quantitative estimate of drug-likeness (QED) is 0.697. The summed E-state index contributed by atoms with van der Waals surface area (Å²) in [4.78, 5) is 2.56. The molecule has 15 heavy (non-hydrogen) atoms. The summed E-state index contributed by atoms with van der Waals surface area (Å²) in [5, 5.41) is 0. The van der Waals surface area contributed by atoms with Gasteiger partial charge in [0.05, 0.1) is 6.10 Å². The van der Waals surface area contributed by atoms with Crippen molar-refractivity contribution in [2.24, 2.45) is 11.7 Å². The summed E-state index contributed by atoms with van der Waals surface area (Å²) >= 11 is 0. The molecule has 2 atom stereocenters. The van der Waals surface area contributed by atoms with Crippen LogP contribution in [0.2, 0.25) is 0 Å². The number of hydrogen-bond acceptors (Lipinski definition) is 3. The van der Waals surface area contributed by atoms with Gasteiger partial charge >= 0.3 is 0 Å². The third kappa shape index (κ3) is 4.49. The van der Waals surface area contributed by atoms with Crippen molar-refractivity contribution in [3.63, 3.8) is 0 Å². The van der Waals surface area contributed by atoms with E-state index in [1.165, 1.54) is 32.4 Å². The van der Waals surface area contributed by atoms with Gasteiger partial charge < -0.3 is 15.4 Å². The Morgan fingerprint density at radius 3 is 2.93 bits per heavy atom. The van der Waals surface area contributed by atoms with Crippen LogP contribution >= 0.6 is 0 Å². The van der Waals surface area contributed by atoms with Gasteiger partial charge in [-0.05, 0) is 31.7 Å². The van der Waals surface area contributed by atoms with E-state index in [9.17, 15) is 0 Å². The Morgan fingerprint density at radius 2 is 2.33 bits per heavy atom. The maximum absolute atomic E-state index is 5.60. The van der Waals surface area contributed by atoms with Gasteiger partial charge in [-0.1, -0.05) is 13.3 Å². The number of likely N-dealkylation sites (tertiary alicyclic amines) is 1. The van der Waals surface area contributed by atoms with Crippen LogP contribution in [-0.4, -0.2) is 44.3 Å². The molecule has 1 aliphatic rings. The molecule has 0 aromatic rings. The maximum atomic E-state index is 5.60. The topological polar surface area (TPSA) is 38.5 Å². The van der Waals surface area contributed by atoms with Gasteiger partial charge in [-0.2, -0.15) is 0 Å². The van der Waals surface area contributed by atoms with E-state index in [0.717, 1.165) is 18.9 Å². The first-order valence-corrected chi connectivity index (χ1v) is 6.25. The second-order valence-corrected chi connectivity index (χ2v) is 4.63. The molecule has 1 aliphatic heterocycles. The van der Waals surface area contributed by atoms with E-state index in [1.807, 2.05) is 0 Å². The monoisotopic (exact) mass is 214 g/mol. The highest BCUT2D eigenvalue weighted by Crippen LogP contribution is 2.20. The second-order valence-electron chi connectivity index (χ2n) is 4.63. The normalized spacial score (nSPS) is 24.6. The molecule has 0 spiro atoms. The van der Waals surface area contributed by atoms with E-state index in [2.05, 4.69) is 11.8 Å². The third-order valence-electron chi connectivity index (χ3n) is 3.43. The molecule has 90 valence electrons. The molecule has 0 saturated carbocycles. The fourth-order valence-electron chi connectivity index (χ4n) is 2.42.